The lowest BCUT2D eigenvalue weighted by molar-refractivity contribution is 0.0246. The summed E-state index contributed by atoms with van der Waals surface area (Å²) in [7, 11) is 0. The van der Waals surface area contributed by atoms with Gasteiger partial charge in [0.2, 0.25) is 0 Å². The Kier molecular flexibility index (Phi) is 2.13. The first-order chi connectivity index (χ1) is 6.22. The highest BCUT2D eigenvalue weighted by Crippen LogP contribution is 2.29. The van der Waals surface area contributed by atoms with Gasteiger partial charge in [0.1, 0.15) is 0 Å². The number of hydrogen-bond acceptors (Lipinski definition) is 4. The van der Waals surface area contributed by atoms with Crippen molar-refractivity contribution in [1.82, 2.24) is 4.90 Å². The van der Waals surface area contributed by atoms with Gasteiger partial charge in [-0.25, -0.2) is 0 Å². The van der Waals surface area contributed by atoms with E-state index in [-0.39, 0.29) is 11.9 Å². The predicted molar refractivity (Wildman–Crippen MR) is 47.7 cm³/mol. The summed E-state index contributed by atoms with van der Waals surface area (Å²) in [6, 6.07) is 0.476. The first-order valence-corrected chi connectivity index (χ1v) is 4.57. The first-order valence-electron chi connectivity index (χ1n) is 4.57. The molecule has 0 aliphatic carbocycles. The predicted octanol–water partition coefficient (Wildman–Crippen LogP) is -0.406. The Labute approximate surface area is 77.1 Å². The third-order valence-electron chi connectivity index (χ3n) is 2.98. The number of rotatable bonds is 2. The van der Waals surface area contributed by atoms with Crippen molar-refractivity contribution in [1.29, 1.82) is 0 Å². The lowest BCUT2D eigenvalue weighted by Crippen LogP contribution is -2.48. The van der Waals surface area contributed by atoms with Gasteiger partial charge < -0.3 is 15.7 Å². The molecule has 0 saturated carbocycles. The summed E-state index contributed by atoms with van der Waals surface area (Å²) in [4.78, 5) is 2.24. The van der Waals surface area contributed by atoms with E-state index in [1.54, 1.807) is 0 Å². The van der Waals surface area contributed by atoms with Crippen molar-refractivity contribution in [3.05, 3.63) is 0 Å². The molecule has 5 heteroatoms. The van der Waals surface area contributed by atoms with Crippen LogP contribution in [0.3, 0.4) is 0 Å². The Hall–Kier alpha value is -0.810. The molecular formula is C8H15N3O2. The SMILES string of the molecule is CC(/C(N)=N/O)N1CC2CC1CO2. The van der Waals surface area contributed by atoms with E-state index in [9.17, 15) is 0 Å². The van der Waals surface area contributed by atoms with E-state index in [1.165, 1.54) is 0 Å². The monoisotopic (exact) mass is 185 g/mol. The molecule has 2 aliphatic rings. The molecule has 2 fully saturated rings. The van der Waals surface area contributed by atoms with Gasteiger partial charge in [-0.3, -0.25) is 4.90 Å². The van der Waals surface area contributed by atoms with Crippen molar-refractivity contribution in [2.24, 2.45) is 10.9 Å². The van der Waals surface area contributed by atoms with Crippen molar-refractivity contribution >= 4 is 5.84 Å². The van der Waals surface area contributed by atoms with Crippen LogP contribution in [0.5, 0.6) is 0 Å². The van der Waals surface area contributed by atoms with Crippen LogP contribution in [-0.2, 0) is 4.74 Å². The normalized spacial score (nSPS) is 36.8. The smallest absolute Gasteiger partial charge is 0.156 e. The van der Waals surface area contributed by atoms with Crippen LogP contribution >= 0.6 is 0 Å². The summed E-state index contributed by atoms with van der Waals surface area (Å²) in [5.74, 6) is 0.285. The fraction of sp³-hybridized carbons (Fsp3) is 0.875. The van der Waals surface area contributed by atoms with Gasteiger partial charge in [-0.05, 0) is 13.3 Å². The summed E-state index contributed by atoms with van der Waals surface area (Å²) in [5, 5.41) is 11.6. The number of nitrogens with zero attached hydrogens (tertiary/aromatic N) is 2. The highest BCUT2D eigenvalue weighted by Gasteiger charge is 2.41. The second-order valence-electron chi connectivity index (χ2n) is 3.74. The van der Waals surface area contributed by atoms with Crippen LogP contribution in [-0.4, -0.2) is 47.3 Å². The standard InChI is InChI=1S/C8H15N3O2/c1-5(8(9)10-12)11-3-7-2-6(11)4-13-7/h5-7,12H,2-4H2,1H3,(H2,9,10). The fourth-order valence-corrected chi connectivity index (χ4v) is 2.16. The number of fused-ring (bicyclic) bond motifs is 2. The third kappa shape index (κ3) is 1.38. The molecule has 0 aromatic rings. The fourth-order valence-electron chi connectivity index (χ4n) is 2.16. The van der Waals surface area contributed by atoms with Crippen molar-refractivity contribution < 1.29 is 9.94 Å². The number of oxime groups is 1. The molecule has 0 amide bonds. The maximum atomic E-state index is 8.54. The average molecular weight is 185 g/mol. The first kappa shape index (κ1) is 8.77. The summed E-state index contributed by atoms with van der Waals surface area (Å²) < 4.78 is 5.46. The quantitative estimate of drug-likeness (QED) is 0.266. The van der Waals surface area contributed by atoms with Gasteiger partial charge in [0.25, 0.3) is 0 Å². The Morgan fingerprint density at radius 3 is 3.00 bits per heavy atom. The molecule has 2 aliphatic heterocycles. The molecule has 3 atom stereocenters. The number of hydrogen-bond donors (Lipinski definition) is 2. The Balaban J connectivity index is 2.02. The molecule has 74 valence electrons. The van der Waals surface area contributed by atoms with Crippen molar-refractivity contribution in [2.45, 2.75) is 31.5 Å². The molecule has 0 aromatic heterocycles. The Morgan fingerprint density at radius 1 is 1.77 bits per heavy atom. The minimum absolute atomic E-state index is 0.0175. The van der Waals surface area contributed by atoms with E-state index in [0.717, 1.165) is 19.6 Å². The maximum Gasteiger partial charge on any atom is 0.156 e. The molecule has 3 N–H and O–H groups in total. The molecule has 0 aromatic carbocycles. The minimum Gasteiger partial charge on any atom is -0.409 e. The summed E-state index contributed by atoms with van der Waals surface area (Å²) >= 11 is 0. The number of amidine groups is 1. The molecule has 3 unspecified atom stereocenters. The molecule has 2 rings (SSSR count). The van der Waals surface area contributed by atoms with Crippen molar-refractivity contribution in [3.8, 4) is 0 Å². The molecule has 2 saturated heterocycles. The van der Waals surface area contributed by atoms with Crippen molar-refractivity contribution in [2.75, 3.05) is 13.2 Å². The maximum absolute atomic E-state index is 8.54. The summed E-state index contributed by atoms with van der Waals surface area (Å²) in [6.07, 6.45) is 1.45. The van der Waals surface area contributed by atoms with Gasteiger partial charge in [-0.15, -0.1) is 0 Å². The van der Waals surface area contributed by atoms with Gasteiger partial charge in [0.05, 0.1) is 18.8 Å². The topological polar surface area (TPSA) is 71.1 Å². The van der Waals surface area contributed by atoms with E-state index >= 15 is 0 Å². The van der Waals surface area contributed by atoms with Crippen LogP contribution in [0.4, 0.5) is 0 Å². The van der Waals surface area contributed by atoms with Crippen molar-refractivity contribution in [3.63, 3.8) is 0 Å². The lowest BCUT2D eigenvalue weighted by Gasteiger charge is -2.31. The minimum atomic E-state index is 0.0175. The van der Waals surface area contributed by atoms with Crippen LogP contribution in [0, 0.1) is 0 Å². The van der Waals surface area contributed by atoms with E-state index in [1.807, 2.05) is 6.92 Å². The Morgan fingerprint density at radius 2 is 2.54 bits per heavy atom. The second-order valence-corrected chi connectivity index (χ2v) is 3.74. The number of ether oxygens (including phenoxy) is 1. The van der Waals surface area contributed by atoms with Crippen LogP contribution < -0.4 is 5.73 Å². The number of nitrogens with two attached hydrogens (primary N) is 1. The van der Waals surface area contributed by atoms with Crippen LogP contribution in [0.1, 0.15) is 13.3 Å². The second kappa shape index (κ2) is 3.16. The third-order valence-corrected chi connectivity index (χ3v) is 2.98. The number of morpholine rings is 1. The van der Waals surface area contributed by atoms with E-state index < -0.39 is 0 Å². The highest BCUT2D eigenvalue weighted by molar-refractivity contribution is 5.84. The Bertz CT molecular complexity index is 231. The van der Waals surface area contributed by atoms with Gasteiger partial charge in [0.15, 0.2) is 5.84 Å². The average Bonchev–Trinajstić information content (AvgIpc) is 2.76. The van der Waals surface area contributed by atoms with Crippen LogP contribution in [0.25, 0.3) is 0 Å². The zero-order valence-corrected chi connectivity index (χ0v) is 7.68. The van der Waals surface area contributed by atoms with E-state index in [4.69, 9.17) is 15.7 Å². The van der Waals surface area contributed by atoms with Gasteiger partial charge in [0, 0.05) is 12.6 Å². The molecular weight excluding hydrogens is 170 g/mol. The molecule has 0 radical (unpaired) electrons. The molecule has 2 bridgehead atoms. The van der Waals surface area contributed by atoms with Crippen LogP contribution in [0.2, 0.25) is 0 Å². The highest BCUT2D eigenvalue weighted by atomic mass is 16.5. The molecule has 0 spiro atoms. The summed E-state index contributed by atoms with van der Waals surface area (Å²) in [6.45, 7) is 3.64. The zero-order chi connectivity index (χ0) is 9.42. The molecule has 2 heterocycles. The van der Waals surface area contributed by atoms with E-state index in [2.05, 4.69) is 10.1 Å². The van der Waals surface area contributed by atoms with Gasteiger partial charge in [-0.2, -0.15) is 0 Å². The van der Waals surface area contributed by atoms with E-state index in [0.29, 0.717) is 12.1 Å². The largest absolute Gasteiger partial charge is 0.409 e. The lowest BCUT2D eigenvalue weighted by atomic mass is 10.2. The van der Waals surface area contributed by atoms with Gasteiger partial charge >= 0.3 is 0 Å². The van der Waals surface area contributed by atoms with Gasteiger partial charge in [-0.1, -0.05) is 5.16 Å². The molecule has 5 nitrogen and oxygen atoms in total. The summed E-state index contributed by atoms with van der Waals surface area (Å²) in [5.41, 5.74) is 5.55. The van der Waals surface area contributed by atoms with Crippen LogP contribution in [0.15, 0.2) is 5.16 Å². The molecule has 13 heavy (non-hydrogen) atoms. The zero-order valence-electron chi connectivity index (χ0n) is 7.68. The number of likely N-dealkylation sites (tertiary alicyclic amines) is 1.